The Morgan fingerprint density at radius 3 is 2.64 bits per heavy atom. The van der Waals surface area contributed by atoms with Crippen LogP contribution in [-0.4, -0.2) is 6.26 Å². The summed E-state index contributed by atoms with van der Waals surface area (Å²) in [7, 11) is 3.06. The molecule has 0 spiro atoms. The SMILES string of the molecule is CSSc1cc(F)cc(Cl)c1. The van der Waals surface area contributed by atoms with Gasteiger partial charge < -0.3 is 0 Å². The molecule has 0 saturated carbocycles. The summed E-state index contributed by atoms with van der Waals surface area (Å²) in [5.41, 5.74) is 0. The van der Waals surface area contributed by atoms with Crippen molar-refractivity contribution in [2.24, 2.45) is 0 Å². The highest BCUT2D eigenvalue weighted by Crippen LogP contribution is 2.30. The zero-order valence-electron chi connectivity index (χ0n) is 5.80. The van der Waals surface area contributed by atoms with Gasteiger partial charge in [-0.05, 0) is 24.5 Å². The molecule has 1 aromatic rings. The molecular formula is C7H6ClFS2. The van der Waals surface area contributed by atoms with Gasteiger partial charge in [0, 0.05) is 9.92 Å². The zero-order chi connectivity index (χ0) is 8.27. The molecular weight excluding hydrogens is 203 g/mol. The summed E-state index contributed by atoms with van der Waals surface area (Å²) < 4.78 is 12.6. The standard InChI is InChI=1S/C7H6ClFS2/c1-10-11-7-3-5(8)2-6(9)4-7/h2-4H,1H3. The molecule has 1 aromatic carbocycles. The Kier molecular flexibility index (Phi) is 3.55. The summed E-state index contributed by atoms with van der Waals surface area (Å²) in [6.45, 7) is 0. The van der Waals surface area contributed by atoms with Crippen molar-refractivity contribution >= 4 is 33.2 Å². The van der Waals surface area contributed by atoms with Gasteiger partial charge in [-0.25, -0.2) is 4.39 Å². The molecule has 0 fully saturated rings. The first-order valence-electron chi connectivity index (χ1n) is 2.89. The lowest BCUT2D eigenvalue weighted by Crippen LogP contribution is -1.74. The van der Waals surface area contributed by atoms with E-state index in [1.807, 2.05) is 6.26 Å². The van der Waals surface area contributed by atoms with E-state index in [1.165, 1.54) is 22.9 Å². The minimum Gasteiger partial charge on any atom is -0.207 e. The zero-order valence-corrected chi connectivity index (χ0v) is 8.19. The van der Waals surface area contributed by atoms with E-state index in [2.05, 4.69) is 0 Å². The molecule has 0 saturated heterocycles. The summed E-state index contributed by atoms with van der Waals surface area (Å²) >= 11 is 5.62. The van der Waals surface area contributed by atoms with E-state index in [0.717, 1.165) is 4.90 Å². The van der Waals surface area contributed by atoms with E-state index < -0.39 is 0 Å². The third-order valence-corrected chi connectivity index (χ3v) is 2.91. The molecule has 0 unspecified atom stereocenters. The monoisotopic (exact) mass is 208 g/mol. The van der Waals surface area contributed by atoms with Crippen molar-refractivity contribution in [3.8, 4) is 0 Å². The van der Waals surface area contributed by atoms with Crippen LogP contribution in [0.5, 0.6) is 0 Å². The van der Waals surface area contributed by atoms with Crippen molar-refractivity contribution < 1.29 is 4.39 Å². The molecule has 0 aromatic heterocycles. The Labute approximate surface area is 77.9 Å². The average Bonchev–Trinajstić information content (AvgIpc) is 1.85. The van der Waals surface area contributed by atoms with Crippen LogP contribution in [0.3, 0.4) is 0 Å². The molecule has 0 amide bonds. The van der Waals surface area contributed by atoms with Gasteiger partial charge in [0.2, 0.25) is 0 Å². The Bertz CT molecular complexity index is 232. The highest BCUT2D eigenvalue weighted by Gasteiger charge is 1.98. The van der Waals surface area contributed by atoms with Gasteiger partial charge in [-0.3, -0.25) is 0 Å². The fourth-order valence-corrected chi connectivity index (χ4v) is 2.35. The third-order valence-electron chi connectivity index (χ3n) is 1.02. The molecule has 0 bridgehead atoms. The predicted molar refractivity (Wildman–Crippen MR) is 50.8 cm³/mol. The van der Waals surface area contributed by atoms with Crippen LogP contribution in [0, 0.1) is 5.82 Å². The number of rotatable bonds is 2. The predicted octanol–water partition coefficient (Wildman–Crippen LogP) is 3.85. The van der Waals surface area contributed by atoms with Crippen molar-refractivity contribution in [3.63, 3.8) is 0 Å². The van der Waals surface area contributed by atoms with E-state index in [4.69, 9.17) is 11.6 Å². The van der Waals surface area contributed by atoms with Gasteiger partial charge >= 0.3 is 0 Å². The summed E-state index contributed by atoms with van der Waals surface area (Å²) in [6, 6.07) is 4.50. The van der Waals surface area contributed by atoms with Gasteiger partial charge in [0.1, 0.15) is 5.82 Å². The second kappa shape index (κ2) is 4.24. The molecule has 60 valence electrons. The van der Waals surface area contributed by atoms with Crippen LogP contribution < -0.4 is 0 Å². The number of halogens is 2. The molecule has 4 heteroatoms. The van der Waals surface area contributed by atoms with Gasteiger partial charge in [-0.15, -0.1) is 0 Å². The quantitative estimate of drug-likeness (QED) is 0.678. The first-order chi connectivity index (χ1) is 5.22. The topological polar surface area (TPSA) is 0 Å². The Hall–Kier alpha value is 0.140. The maximum Gasteiger partial charge on any atom is 0.125 e. The Morgan fingerprint density at radius 1 is 1.36 bits per heavy atom. The van der Waals surface area contributed by atoms with Crippen molar-refractivity contribution in [1.82, 2.24) is 0 Å². The summed E-state index contributed by atoms with van der Waals surface area (Å²) in [5.74, 6) is -0.283. The lowest BCUT2D eigenvalue weighted by molar-refractivity contribution is 0.624. The summed E-state index contributed by atoms with van der Waals surface area (Å²) in [6.07, 6.45) is 1.93. The van der Waals surface area contributed by atoms with Crippen LogP contribution in [-0.2, 0) is 0 Å². The first-order valence-corrected chi connectivity index (χ1v) is 5.83. The molecule has 0 heterocycles. The van der Waals surface area contributed by atoms with E-state index in [-0.39, 0.29) is 5.82 Å². The summed E-state index contributed by atoms with van der Waals surface area (Å²) in [5, 5.41) is 0.446. The number of benzene rings is 1. The maximum absolute atomic E-state index is 12.6. The minimum atomic E-state index is -0.283. The van der Waals surface area contributed by atoms with E-state index in [1.54, 1.807) is 16.9 Å². The van der Waals surface area contributed by atoms with Gasteiger partial charge in [0.05, 0.1) is 0 Å². The molecule has 1 rings (SSSR count). The van der Waals surface area contributed by atoms with E-state index >= 15 is 0 Å². The average molecular weight is 209 g/mol. The molecule has 0 atom stereocenters. The van der Waals surface area contributed by atoms with Gasteiger partial charge in [-0.1, -0.05) is 33.2 Å². The summed E-state index contributed by atoms with van der Waals surface area (Å²) in [4.78, 5) is 0.850. The van der Waals surface area contributed by atoms with Crippen LogP contribution >= 0.6 is 33.2 Å². The first kappa shape index (κ1) is 9.23. The van der Waals surface area contributed by atoms with Crippen LogP contribution in [0.15, 0.2) is 23.1 Å². The molecule has 0 aliphatic carbocycles. The Balaban J connectivity index is 2.89. The number of hydrogen-bond acceptors (Lipinski definition) is 2. The fraction of sp³-hybridized carbons (Fsp3) is 0.143. The van der Waals surface area contributed by atoms with Crippen molar-refractivity contribution in [2.75, 3.05) is 6.26 Å². The van der Waals surface area contributed by atoms with Crippen molar-refractivity contribution in [3.05, 3.63) is 29.0 Å². The highest BCUT2D eigenvalue weighted by molar-refractivity contribution is 8.76. The third kappa shape index (κ3) is 2.93. The van der Waals surface area contributed by atoms with Gasteiger partial charge in [0.25, 0.3) is 0 Å². The minimum absolute atomic E-state index is 0.283. The van der Waals surface area contributed by atoms with Crippen LogP contribution in [0.2, 0.25) is 5.02 Å². The van der Waals surface area contributed by atoms with Gasteiger partial charge in [-0.2, -0.15) is 0 Å². The van der Waals surface area contributed by atoms with Crippen molar-refractivity contribution in [1.29, 1.82) is 0 Å². The molecule has 0 aliphatic heterocycles. The van der Waals surface area contributed by atoms with Crippen LogP contribution in [0.1, 0.15) is 0 Å². The molecule has 11 heavy (non-hydrogen) atoms. The highest BCUT2D eigenvalue weighted by atomic mass is 35.5. The largest absolute Gasteiger partial charge is 0.207 e. The van der Waals surface area contributed by atoms with E-state index in [9.17, 15) is 4.39 Å². The molecule has 0 aliphatic rings. The smallest absolute Gasteiger partial charge is 0.125 e. The lowest BCUT2D eigenvalue weighted by Gasteiger charge is -1.97. The van der Waals surface area contributed by atoms with Gasteiger partial charge in [0.15, 0.2) is 0 Å². The van der Waals surface area contributed by atoms with Crippen LogP contribution in [0.4, 0.5) is 4.39 Å². The fourth-order valence-electron chi connectivity index (χ4n) is 0.673. The molecule has 0 N–H and O–H groups in total. The lowest BCUT2D eigenvalue weighted by atomic mass is 10.3. The number of hydrogen-bond donors (Lipinski definition) is 0. The second-order valence-electron chi connectivity index (χ2n) is 1.86. The van der Waals surface area contributed by atoms with Crippen LogP contribution in [0.25, 0.3) is 0 Å². The normalized spacial score (nSPS) is 10.1. The Morgan fingerprint density at radius 2 is 2.09 bits per heavy atom. The maximum atomic E-state index is 12.6. The molecule has 0 radical (unpaired) electrons. The van der Waals surface area contributed by atoms with Crippen molar-refractivity contribution in [2.45, 2.75) is 4.90 Å². The molecule has 0 nitrogen and oxygen atoms in total. The second-order valence-corrected chi connectivity index (χ2v) is 4.76. The van der Waals surface area contributed by atoms with E-state index in [0.29, 0.717) is 5.02 Å².